The van der Waals surface area contributed by atoms with Gasteiger partial charge in [-0.3, -0.25) is 4.79 Å². The van der Waals surface area contributed by atoms with E-state index in [0.29, 0.717) is 12.3 Å². The highest BCUT2D eigenvalue weighted by molar-refractivity contribution is 5.90. The third-order valence-corrected chi connectivity index (χ3v) is 3.16. The number of carbonyl (C=O) groups is 2. The smallest absolute Gasteiger partial charge is 0.224 e. The molecule has 0 aliphatic rings. The van der Waals surface area contributed by atoms with E-state index in [9.17, 15) is 14.7 Å². The largest absolute Gasteiger partial charge is 0.550 e. The van der Waals surface area contributed by atoms with Crippen LogP contribution in [0.3, 0.4) is 0 Å². The standard InChI is InChI=1S/C15H21NO3/c1-3-11(2)12-7-9-13(10-8-12)16-14(17)5-4-6-15(18)19/h7-11H,3-6H2,1-2H3,(H,16,17)(H,18,19)/p-1. The Hall–Kier alpha value is -1.84. The molecular weight excluding hydrogens is 242 g/mol. The summed E-state index contributed by atoms with van der Waals surface area (Å²) >= 11 is 0. The van der Waals surface area contributed by atoms with Crippen LogP contribution in [0.5, 0.6) is 0 Å². The third-order valence-electron chi connectivity index (χ3n) is 3.16. The molecular formula is C15H20NO3-. The molecule has 0 bridgehead atoms. The fraction of sp³-hybridized carbons (Fsp3) is 0.467. The molecule has 4 nitrogen and oxygen atoms in total. The van der Waals surface area contributed by atoms with Gasteiger partial charge >= 0.3 is 0 Å². The Morgan fingerprint density at radius 1 is 1.21 bits per heavy atom. The number of carboxylic acid groups (broad SMARTS) is 1. The van der Waals surface area contributed by atoms with Crippen molar-refractivity contribution in [1.82, 2.24) is 0 Å². The maximum Gasteiger partial charge on any atom is 0.224 e. The summed E-state index contributed by atoms with van der Waals surface area (Å²) in [6.45, 7) is 4.30. The molecule has 0 saturated carbocycles. The van der Waals surface area contributed by atoms with E-state index in [2.05, 4.69) is 19.2 Å². The van der Waals surface area contributed by atoms with Crippen LogP contribution >= 0.6 is 0 Å². The number of amides is 1. The van der Waals surface area contributed by atoms with Crippen LogP contribution in [-0.4, -0.2) is 11.9 Å². The average molecular weight is 262 g/mol. The number of carbonyl (C=O) groups excluding carboxylic acids is 2. The summed E-state index contributed by atoms with van der Waals surface area (Å²) in [5, 5.41) is 13.0. The first-order valence-electron chi connectivity index (χ1n) is 6.62. The van der Waals surface area contributed by atoms with Gasteiger partial charge in [0.05, 0.1) is 0 Å². The first-order valence-corrected chi connectivity index (χ1v) is 6.62. The minimum Gasteiger partial charge on any atom is -0.550 e. The lowest BCUT2D eigenvalue weighted by Crippen LogP contribution is -2.22. The first-order chi connectivity index (χ1) is 9.02. The summed E-state index contributed by atoms with van der Waals surface area (Å²) in [7, 11) is 0. The molecule has 1 unspecified atom stereocenters. The fourth-order valence-electron chi connectivity index (χ4n) is 1.75. The van der Waals surface area contributed by atoms with Gasteiger partial charge in [-0.1, -0.05) is 26.0 Å². The number of hydrogen-bond donors (Lipinski definition) is 1. The van der Waals surface area contributed by atoms with Crippen molar-refractivity contribution in [3.05, 3.63) is 29.8 Å². The summed E-state index contributed by atoms with van der Waals surface area (Å²) in [5.41, 5.74) is 1.99. The van der Waals surface area contributed by atoms with E-state index < -0.39 is 5.97 Å². The van der Waals surface area contributed by atoms with Crippen LogP contribution in [0.4, 0.5) is 5.69 Å². The number of aliphatic carboxylic acids is 1. The topological polar surface area (TPSA) is 69.2 Å². The lowest BCUT2D eigenvalue weighted by molar-refractivity contribution is -0.305. The molecule has 0 heterocycles. The summed E-state index contributed by atoms with van der Waals surface area (Å²) in [6.07, 6.45) is 1.50. The monoisotopic (exact) mass is 262 g/mol. The van der Waals surface area contributed by atoms with Crippen LogP contribution < -0.4 is 10.4 Å². The van der Waals surface area contributed by atoms with Gasteiger partial charge in [0.15, 0.2) is 0 Å². The molecule has 1 rings (SSSR count). The fourth-order valence-corrected chi connectivity index (χ4v) is 1.75. The minimum atomic E-state index is -1.12. The number of benzene rings is 1. The van der Waals surface area contributed by atoms with Crippen LogP contribution in [0, 0.1) is 0 Å². The molecule has 0 saturated heterocycles. The number of nitrogens with one attached hydrogen (secondary N) is 1. The normalized spacial score (nSPS) is 11.9. The van der Waals surface area contributed by atoms with E-state index in [4.69, 9.17) is 0 Å². The summed E-state index contributed by atoms with van der Waals surface area (Å²) in [6, 6.07) is 7.76. The lowest BCUT2D eigenvalue weighted by Gasteiger charge is -2.10. The Balaban J connectivity index is 2.44. The van der Waals surface area contributed by atoms with Gasteiger partial charge in [-0.15, -0.1) is 0 Å². The van der Waals surface area contributed by atoms with Gasteiger partial charge in [-0.2, -0.15) is 0 Å². The highest BCUT2D eigenvalue weighted by Crippen LogP contribution is 2.20. The molecule has 1 aromatic rings. The Morgan fingerprint density at radius 2 is 1.84 bits per heavy atom. The van der Waals surface area contributed by atoms with Crippen molar-refractivity contribution < 1.29 is 14.7 Å². The first kappa shape index (κ1) is 15.2. The molecule has 0 aliphatic carbocycles. The lowest BCUT2D eigenvalue weighted by atomic mass is 9.99. The van der Waals surface area contributed by atoms with Crippen LogP contribution in [0.2, 0.25) is 0 Å². The second kappa shape index (κ2) is 7.56. The second-order valence-electron chi connectivity index (χ2n) is 4.71. The number of carboxylic acids is 1. The second-order valence-corrected chi connectivity index (χ2v) is 4.71. The van der Waals surface area contributed by atoms with Gasteiger partial charge in [-0.25, -0.2) is 0 Å². The maximum atomic E-state index is 11.5. The van der Waals surface area contributed by atoms with Gasteiger partial charge in [0.25, 0.3) is 0 Å². The van der Waals surface area contributed by atoms with Gasteiger partial charge < -0.3 is 15.2 Å². The van der Waals surface area contributed by atoms with E-state index in [1.165, 1.54) is 5.56 Å². The predicted molar refractivity (Wildman–Crippen MR) is 72.6 cm³/mol. The molecule has 1 aromatic carbocycles. The Kier molecular flexibility index (Phi) is 6.06. The van der Waals surface area contributed by atoms with Crippen LogP contribution in [0.15, 0.2) is 24.3 Å². The van der Waals surface area contributed by atoms with Crippen molar-refractivity contribution in [3.63, 3.8) is 0 Å². The van der Waals surface area contributed by atoms with E-state index in [-0.39, 0.29) is 18.7 Å². The molecule has 0 aromatic heterocycles. The molecule has 19 heavy (non-hydrogen) atoms. The summed E-state index contributed by atoms with van der Waals surface area (Å²) < 4.78 is 0. The molecule has 0 fully saturated rings. The van der Waals surface area contributed by atoms with Crippen molar-refractivity contribution >= 4 is 17.6 Å². The summed E-state index contributed by atoms with van der Waals surface area (Å²) in [5.74, 6) is -0.781. The number of hydrogen-bond acceptors (Lipinski definition) is 3. The van der Waals surface area contributed by atoms with Gasteiger partial charge in [-0.05, 0) is 42.9 Å². The predicted octanol–water partition coefficient (Wildman–Crippen LogP) is 2.06. The van der Waals surface area contributed by atoms with E-state index in [0.717, 1.165) is 12.1 Å². The van der Waals surface area contributed by atoms with Crippen molar-refractivity contribution in [3.8, 4) is 0 Å². The van der Waals surface area contributed by atoms with Crippen molar-refractivity contribution in [2.75, 3.05) is 5.32 Å². The number of rotatable bonds is 7. The molecule has 104 valence electrons. The van der Waals surface area contributed by atoms with Gasteiger partial charge in [0.2, 0.25) is 5.91 Å². The van der Waals surface area contributed by atoms with Gasteiger partial charge in [0, 0.05) is 18.1 Å². The van der Waals surface area contributed by atoms with Crippen LogP contribution in [-0.2, 0) is 9.59 Å². The number of anilines is 1. The quantitative estimate of drug-likeness (QED) is 0.817. The third kappa shape index (κ3) is 5.55. The molecule has 1 N–H and O–H groups in total. The highest BCUT2D eigenvalue weighted by Gasteiger charge is 2.05. The Labute approximate surface area is 113 Å². The zero-order chi connectivity index (χ0) is 14.3. The average Bonchev–Trinajstić information content (AvgIpc) is 2.38. The van der Waals surface area contributed by atoms with Crippen LogP contribution in [0.25, 0.3) is 0 Å². The van der Waals surface area contributed by atoms with Crippen LogP contribution in [0.1, 0.15) is 51.0 Å². The Morgan fingerprint density at radius 3 is 2.37 bits per heavy atom. The van der Waals surface area contributed by atoms with Crippen molar-refractivity contribution in [2.24, 2.45) is 0 Å². The zero-order valence-corrected chi connectivity index (χ0v) is 11.4. The minimum absolute atomic E-state index is 0.0830. The van der Waals surface area contributed by atoms with Crippen molar-refractivity contribution in [2.45, 2.75) is 45.4 Å². The van der Waals surface area contributed by atoms with E-state index in [1.54, 1.807) is 0 Å². The van der Waals surface area contributed by atoms with Crippen molar-refractivity contribution in [1.29, 1.82) is 0 Å². The molecule has 0 radical (unpaired) electrons. The van der Waals surface area contributed by atoms with Gasteiger partial charge in [0.1, 0.15) is 0 Å². The molecule has 1 amide bonds. The summed E-state index contributed by atoms with van der Waals surface area (Å²) in [4.78, 5) is 21.8. The van der Waals surface area contributed by atoms with E-state index in [1.807, 2.05) is 24.3 Å². The molecule has 0 aliphatic heterocycles. The van der Waals surface area contributed by atoms with E-state index >= 15 is 0 Å². The Bertz CT molecular complexity index is 426. The molecule has 0 spiro atoms. The highest BCUT2D eigenvalue weighted by atomic mass is 16.4. The molecule has 1 atom stereocenters. The zero-order valence-electron chi connectivity index (χ0n) is 11.4. The molecule has 4 heteroatoms. The maximum absolute atomic E-state index is 11.5. The SMILES string of the molecule is CCC(C)c1ccc(NC(=O)CCCC(=O)[O-])cc1.